The summed E-state index contributed by atoms with van der Waals surface area (Å²) in [7, 11) is 0. The summed E-state index contributed by atoms with van der Waals surface area (Å²) >= 11 is 12.1. The van der Waals surface area contributed by atoms with E-state index in [1.807, 2.05) is 32.0 Å². The molecule has 24 heavy (non-hydrogen) atoms. The van der Waals surface area contributed by atoms with Gasteiger partial charge in [-0.2, -0.15) is 4.98 Å². The Bertz CT molecular complexity index is 842. The normalized spacial score (nSPS) is 10.8. The lowest BCUT2D eigenvalue weighted by molar-refractivity contribution is 0.242. The lowest BCUT2D eigenvalue weighted by Crippen LogP contribution is -1.97. The van der Waals surface area contributed by atoms with Crippen LogP contribution in [0.25, 0.3) is 0 Å². The zero-order valence-corrected chi connectivity index (χ0v) is 14.9. The lowest BCUT2D eigenvalue weighted by Gasteiger charge is -2.05. The fraction of sp³-hybridized carbons (Fsp3) is 0.222. The van der Waals surface area contributed by atoms with Crippen molar-refractivity contribution < 1.29 is 9.26 Å². The van der Waals surface area contributed by atoms with E-state index in [0.717, 1.165) is 22.4 Å². The van der Waals surface area contributed by atoms with Crippen LogP contribution < -0.4 is 4.74 Å². The summed E-state index contributed by atoms with van der Waals surface area (Å²) in [5.41, 5.74) is 3.19. The molecule has 0 saturated heterocycles. The Morgan fingerprint density at radius 3 is 2.50 bits per heavy atom. The topological polar surface area (TPSA) is 48.2 Å². The van der Waals surface area contributed by atoms with Crippen LogP contribution in [0.2, 0.25) is 10.0 Å². The molecule has 124 valence electrons. The molecule has 0 unspecified atom stereocenters. The maximum Gasteiger partial charge on any atom is 0.264 e. The molecule has 3 rings (SSSR count). The van der Waals surface area contributed by atoms with Gasteiger partial charge in [0.2, 0.25) is 0 Å². The zero-order chi connectivity index (χ0) is 17.1. The summed E-state index contributed by atoms with van der Waals surface area (Å²) in [6.45, 7) is 4.28. The highest BCUT2D eigenvalue weighted by Crippen LogP contribution is 2.23. The molecule has 0 N–H and O–H groups in total. The molecule has 0 radical (unpaired) electrons. The van der Waals surface area contributed by atoms with Crippen LogP contribution in [0.3, 0.4) is 0 Å². The highest BCUT2D eigenvalue weighted by atomic mass is 35.5. The molecule has 4 nitrogen and oxygen atoms in total. The van der Waals surface area contributed by atoms with Crippen molar-refractivity contribution in [1.29, 1.82) is 0 Å². The number of benzene rings is 2. The molecule has 0 atom stereocenters. The molecule has 0 saturated carbocycles. The van der Waals surface area contributed by atoms with Gasteiger partial charge in [-0.15, -0.1) is 0 Å². The fourth-order valence-corrected chi connectivity index (χ4v) is 2.89. The second kappa shape index (κ2) is 7.24. The molecule has 1 heterocycles. The minimum Gasteiger partial charge on any atom is -0.484 e. The predicted octanol–water partition coefficient (Wildman–Crippen LogP) is 5.16. The van der Waals surface area contributed by atoms with Crippen molar-refractivity contribution in [3.8, 4) is 5.75 Å². The molecule has 0 aliphatic rings. The molecule has 3 aromatic rings. The van der Waals surface area contributed by atoms with Crippen molar-refractivity contribution in [3.05, 3.63) is 74.8 Å². The lowest BCUT2D eigenvalue weighted by atomic mass is 10.1. The molecule has 0 spiro atoms. The second-order valence-electron chi connectivity index (χ2n) is 5.63. The molecule has 0 bridgehead atoms. The second-order valence-corrected chi connectivity index (χ2v) is 6.47. The van der Waals surface area contributed by atoms with E-state index < -0.39 is 0 Å². The van der Waals surface area contributed by atoms with Gasteiger partial charge in [-0.3, -0.25) is 0 Å². The van der Waals surface area contributed by atoms with E-state index in [0.29, 0.717) is 28.2 Å². The first-order valence-corrected chi connectivity index (χ1v) is 8.21. The third-order valence-electron chi connectivity index (χ3n) is 3.43. The van der Waals surface area contributed by atoms with E-state index in [9.17, 15) is 0 Å². The Balaban J connectivity index is 1.65. The minimum atomic E-state index is 0.226. The summed E-state index contributed by atoms with van der Waals surface area (Å²) in [5, 5.41) is 5.14. The van der Waals surface area contributed by atoms with Crippen molar-refractivity contribution in [3.63, 3.8) is 0 Å². The zero-order valence-electron chi connectivity index (χ0n) is 13.3. The van der Waals surface area contributed by atoms with Gasteiger partial charge in [0, 0.05) is 16.5 Å². The maximum absolute atomic E-state index is 6.16. The Kier molecular flexibility index (Phi) is 5.07. The summed E-state index contributed by atoms with van der Waals surface area (Å²) in [5.74, 6) is 1.76. The number of hydrogen-bond acceptors (Lipinski definition) is 4. The number of halogens is 2. The first kappa shape index (κ1) is 16.8. The Hall–Kier alpha value is -2.04. The number of ether oxygens (including phenoxy) is 1. The molecular weight excluding hydrogens is 347 g/mol. The Labute approximate surface area is 150 Å². The van der Waals surface area contributed by atoms with E-state index in [1.165, 1.54) is 0 Å². The third-order valence-corrected chi connectivity index (χ3v) is 4.02. The SMILES string of the molecule is Cc1cc(C)cc(OCc2nc(Cc3ccc(Cl)cc3Cl)no2)c1. The van der Waals surface area contributed by atoms with Gasteiger partial charge in [-0.1, -0.05) is 40.5 Å². The van der Waals surface area contributed by atoms with E-state index in [-0.39, 0.29) is 6.61 Å². The van der Waals surface area contributed by atoms with Crippen molar-refractivity contribution in [2.45, 2.75) is 26.9 Å². The minimum absolute atomic E-state index is 0.226. The van der Waals surface area contributed by atoms with Crippen LogP contribution in [-0.2, 0) is 13.0 Å². The number of nitrogens with zero attached hydrogens (tertiary/aromatic N) is 2. The van der Waals surface area contributed by atoms with Gasteiger partial charge < -0.3 is 9.26 Å². The highest BCUT2D eigenvalue weighted by molar-refractivity contribution is 6.35. The van der Waals surface area contributed by atoms with Gasteiger partial charge >= 0.3 is 0 Å². The van der Waals surface area contributed by atoms with Crippen LogP contribution in [0.5, 0.6) is 5.75 Å². The Morgan fingerprint density at radius 1 is 1.04 bits per heavy atom. The number of hydrogen-bond donors (Lipinski definition) is 0. The fourth-order valence-electron chi connectivity index (χ4n) is 2.42. The molecule has 6 heteroatoms. The van der Waals surface area contributed by atoms with Gasteiger partial charge in [-0.25, -0.2) is 0 Å². The van der Waals surface area contributed by atoms with Crippen LogP contribution in [0.1, 0.15) is 28.4 Å². The van der Waals surface area contributed by atoms with Gasteiger partial charge in [-0.05, 0) is 54.8 Å². The van der Waals surface area contributed by atoms with Crippen LogP contribution in [0.15, 0.2) is 40.9 Å². The number of aromatic nitrogens is 2. The number of rotatable bonds is 5. The van der Waals surface area contributed by atoms with Gasteiger partial charge in [0.1, 0.15) is 5.75 Å². The maximum atomic E-state index is 6.16. The predicted molar refractivity (Wildman–Crippen MR) is 93.8 cm³/mol. The van der Waals surface area contributed by atoms with Crippen molar-refractivity contribution in [1.82, 2.24) is 10.1 Å². The van der Waals surface area contributed by atoms with Crippen molar-refractivity contribution in [2.24, 2.45) is 0 Å². The van der Waals surface area contributed by atoms with Gasteiger partial charge in [0.05, 0.1) is 0 Å². The van der Waals surface area contributed by atoms with E-state index in [1.54, 1.807) is 12.1 Å². The average Bonchev–Trinajstić information content (AvgIpc) is 2.95. The smallest absolute Gasteiger partial charge is 0.264 e. The third kappa shape index (κ3) is 4.28. The summed E-state index contributed by atoms with van der Waals surface area (Å²) in [6, 6.07) is 11.4. The monoisotopic (exact) mass is 362 g/mol. The molecule has 0 fully saturated rings. The van der Waals surface area contributed by atoms with Crippen molar-refractivity contribution >= 4 is 23.2 Å². The average molecular weight is 363 g/mol. The van der Waals surface area contributed by atoms with E-state index in [2.05, 4.69) is 16.2 Å². The van der Waals surface area contributed by atoms with Crippen LogP contribution in [-0.4, -0.2) is 10.1 Å². The van der Waals surface area contributed by atoms with Gasteiger partial charge in [0.25, 0.3) is 5.89 Å². The van der Waals surface area contributed by atoms with Crippen LogP contribution in [0.4, 0.5) is 0 Å². The quantitative estimate of drug-likeness (QED) is 0.628. The standard InChI is InChI=1S/C18H16Cl2N2O2/c1-11-5-12(2)7-15(6-11)23-10-18-21-17(22-24-18)8-13-3-4-14(19)9-16(13)20/h3-7,9H,8,10H2,1-2H3. The first-order chi connectivity index (χ1) is 11.5. The van der Waals surface area contributed by atoms with Crippen molar-refractivity contribution in [2.75, 3.05) is 0 Å². The Morgan fingerprint density at radius 2 is 1.79 bits per heavy atom. The molecule has 1 aromatic heterocycles. The largest absolute Gasteiger partial charge is 0.484 e. The van der Waals surface area contributed by atoms with Gasteiger partial charge in [0.15, 0.2) is 12.4 Å². The van der Waals surface area contributed by atoms with E-state index in [4.69, 9.17) is 32.5 Å². The molecular formula is C18H16Cl2N2O2. The molecule has 0 aliphatic carbocycles. The summed E-state index contributed by atoms with van der Waals surface area (Å²) < 4.78 is 10.9. The van der Waals surface area contributed by atoms with E-state index >= 15 is 0 Å². The summed E-state index contributed by atoms with van der Waals surface area (Å²) in [4.78, 5) is 4.33. The first-order valence-electron chi connectivity index (χ1n) is 7.46. The van der Waals surface area contributed by atoms with Crippen LogP contribution in [0, 0.1) is 13.8 Å². The molecule has 0 amide bonds. The highest BCUT2D eigenvalue weighted by Gasteiger charge is 2.10. The number of aryl methyl sites for hydroxylation is 2. The molecule has 0 aliphatic heterocycles. The van der Waals surface area contributed by atoms with Crippen LogP contribution >= 0.6 is 23.2 Å². The summed E-state index contributed by atoms with van der Waals surface area (Å²) in [6.07, 6.45) is 0.475. The molecule has 2 aromatic carbocycles.